The molecule has 0 spiro atoms. The van der Waals surface area contributed by atoms with Gasteiger partial charge in [-0.1, -0.05) is 34.1 Å². The van der Waals surface area contributed by atoms with Gasteiger partial charge in [0.15, 0.2) is 5.41 Å². The number of rotatable bonds is 3. The van der Waals surface area contributed by atoms with Crippen LogP contribution in [0.25, 0.3) is 0 Å². The van der Waals surface area contributed by atoms with E-state index in [1.807, 2.05) is 38.1 Å². The van der Waals surface area contributed by atoms with E-state index in [0.717, 1.165) is 11.1 Å². The van der Waals surface area contributed by atoms with Crippen molar-refractivity contribution in [2.45, 2.75) is 36.9 Å². The molecule has 0 aliphatic carbocycles. The molecule has 0 radical (unpaired) electrons. The third-order valence-corrected chi connectivity index (χ3v) is 3.82. The zero-order valence-corrected chi connectivity index (χ0v) is 12.7. The van der Waals surface area contributed by atoms with Crippen molar-refractivity contribution in [1.29, 1.82) is 15.8 Å². The van der Waals surface area contributed by atoms with Gasteiger partial charge in [-0.15, -0.1) is 0 Å². The summed E-state index contributed by atoms with van der Waals surface area (Å²) in [6.45, 7) is 5.23. The summed E-state index contributed by atoms with van der Waals surface area (Å²) in [6.07, 6.45) is 0. The second kappa shape index (κ2) is 5.43. The fraction of sp³-hybridized carbons (Fsp3) is 0.400. The van der Waals surface area contributed by atoms with E-state index >= 15 is 0 Å². The average Bonchev–Trinajstić information content (AvgIpc) is 2.45. The summed E-state index contributed by atoms with van der Waals surface area (Å²) in [5.74, 6) is 0. The van der Waals surface area contributed by atoms with Gasteiger partial charge in [-0.2, -0.15) is 15.8 Å². The number of hydrogen-bond acceptors (Lipinski definition) is 3. The lowest BCUT2D eigenvalue weighted by atomic mass is 9.79. The molecular weight excluding hydrogens is 302 g/mol. The number of alkyl halides is 1. The topological polar surface area (TPSA) is 71.4 Å². The SMILES string of the molecule is CC(C)(C#N)c1cc(CBr)cc(C(C)(C#N)C#N)c1. The summed E-state index contributed by atoms with van der Waals surface area (Å²) < 4.78 is 0. The van der Waals surface area contributed by atoms with E-state index in [1.54, 1.807) is 13.0 Å². The summed E-state index contributed by atoms with van der Waals surface area (Å²) in [6, 6.07) is 11.8. The molecule has 0 aromatic heterocycles. The average molecular weight is 316 g/mol. The van der Waals surface area contributed by atoms with Gasteiger partial charge in [-0.25, -0.2) is 0 Å². The molecule has 1 rings (SSSR count). The molecule has 4 heteroatoms. The molecule has 0 aliphatic rings. The molecule has 1 aromatic carbocycles. The van der Waals surface area contributed by atoms with Gasteiger partial charge in [0.05, 0.1) is 23.6 Å². The summed E-state index contributed by atoms with van der Waals surface area (Å²) >= 11 is 3.38. The molecule has 0 fully saturated rings. The quantitative estimate of drug-likeness (QED) is 0.798. The van der Waals surface area contributed by atoms with E-state index in [9.17, 15) is 15.8 Å². The van der Waals surface area contributed by atoms with Crippen LogP contribution in [0.5, 0.6) is 0 Å². The Balaban J connectivity index is 3.55. The number of nitriles is 3. The van der Waals surface area contributed by atoms with Crippen molar-refractivity contribution in [1.82, 2.24) is 0 Å². The lowest BCUT2D eigenvalue weighted by molar-refractivity contribution is 0.679. The van der Waals surface area contributed by atoms with Crippen molar-refractivity contribution in [3.05, 3.63) is 34.9 Å². The Morgan fingerprint density at radius 2 is 1.47 bits per heavy atom. The normalized spacial score (nSPS) is 11.2. The van der Waals surface area contributed by atoms with Crippen molar-refractivity contribution in [3.8, 4) is 18.2 Å². The minimum absolute atomic E-state index is 0.613. The van der Waals surface area contributed by atoms with Gasteiger partial charge in [-0.3, -0.25) is 0 Å². The Labute approximate surface area is 122 Å². The third kappa shape index (κ3) is 2.95. The number of nitrogens with zero attached hydrogens (tertiary/aromatic N) is 3. The number of benzene rings is 1. The highest BCUT2D eigenvalue weighted by Crippen LogP contribution is 2.30. The van der Waals surface area contributed by atoms with Gasteiger partial charge in [0.1, 0.15) is 0 Å². The van der Waals surface area contributed by atoms with Crippen LogP contribution in [0.3, 0.4) is 0 Å². The maximum Gasteiger partial charge on any atom is 0.165 e. The summed E-state index contributed by atoms with van der Waals surface area (Å²) in [7, 11) is 0. The summed E-state index contributed by atoms with van der Waals surface area (Å²) in [5, 5.41) is 28.2. The van der Waals surface area contributed by atoms with E-state index in [1.165, 1.54) is 0 Å². The maximum atomic E-state index is 9.23. The number of hydrogen-bond donors (Lipinski definition) is 0. The first-order chi connectivity index (χ1) is 8.82. The molecule has 0 N–H and O–H groups in total. The van der Waals surface area contributed by atoms with E-state index in [4.69, 9.17) is 0 Å². The Kier molecular flexibility index (Phi) is 4.35. The molecule has 0 atom stereocenters. The first-order valence-corrected chi connectivity index (χ1v) is 6.90. The van der Waals surface area contributed by atoms with Crippen LogP contribution in [-0.4, -0.2) is 0 Å². The van der Waals surface area contributed by atoms with E-state index in [0.29, 0.717) is 10.9 Å². The van der Waals surface area contributed by atoms with Crippen LogP contribution in [0.15, 0.2) is 18.2 Å². The maximum absolute atomic E-state index is 9.23. The van der Waals surface area contributed by atoms with Crippen molar-refractivity contribution in [2.24, 2.45) is 0 Å². The molecule has 1 aromatic rings. The summed E-state index contributed by atoms with van der Waals surface area (Å²) in [5.41, 5.74) is 0.552. The standard InChI is InChI=1S/C15H14BrN3/c1-14(2,8-17)12-4-11(7-16)5-13(6-12)15(3,9-18)10-19/h4-6H,7H2,1-3H3. The van der Waals surface area contributed by atoms with Gasteiger partial charge < -0.3 is 0 Å². The Hall–Kier alpha value is -1.83. The smallest absolute Gasteiger partial charge is 0.165 e. The minimum Gasteiger partial charge on any atom is -0.197 e. The van der Waals surface area contributed by atoms with Crippen LogP contribution in [0.4, 0.5) is 0 Å². The van der Waals surface area contributed by atoms with Crippen LogP contribution in [0.2, 0.25) is 0 Å². The van der Waals surface area contributed by atoms with Gasteiger partial charge in [-0.05, 0) is 37.5 Å². The monoisotopic (exact) mass is 315 g/mol. The molecule has 0 bridgehead atoms. The molecule has 3 nitrogen and oxygen atoms in total. The van der Waals surface area contributed by atoms with Crippen LogP contribution < -0.4 is 0 Å². The van der Waals surface area contributed by atoms with Gasteiger partial charge >= 0.3 is 0 Å². The fourth-order valence-electron chi connectivity index (χ4n) is 1.64. The van der Waals surface area contributed by atoms with Crippen molar-refractivity contribution < 1.29 is 0 Å². The van der Waals surface area contributed by atoms with Crippen LogP contribution in [-0.2, 0) is 16.2 Å². The van der Waals surface area contributed by atoms with Gasteiger partial charge in [0.25, 0.3) is 0 Å². The highest BCUT2D eigenvalue weighted by atomic mass is 79.9. The van der Waals surface area contributed by atoms with E-state index in [2.05, 4.69) is 22.0 Å². The minimum atomic E-state index is -1.20. The molecule has 0 heterocycles. The largest absolute Gasteiger partial charge is 0.197 e. The highest BCUT2D eigenvalue weighted by Gasteiger charge is 2.29. The van der Waals surface area contributed by atoms with Crippen LogP contribution in [0, 0.1) is 34.0 Å². The fourth-order valence-corrected chi connectivity index (χ4v) is 1.96. The van der Waals surface area contributed by atoms with Crippen molar-refractivity contribution in [3.63, 3.8) is 0 Å². The van der Waals surface area contributed by atoms with Gasteiger partial charge in [0, 0.05) is 5.33 Å². The Morgan fingerprint density at radius 1 is 0.947 bits per heavy atom. The lowest BCUT2D eigenvalue weighted by Crippen LogP contribution is -2.20. The summed E-state index contributed by atoms with van der Waals surface area (Å²) in [4.78, 5) is 0. The first-order valence-electron chi connectivity index (χ1n) is 5.77. The molecule has 0 saturated carbocycles. The molecule has 0 aliphatic heterocycles. The molecule has 0 unspecified atom stereocenters. The zero-order valence-electron chi connectivity index (χ0n) is 11.2. The molecule has 0 saturated heterocycles. The second-order valence-corrected chi connectivity index (χ2v) is 5.70. The second-order valence-electron chi connectivity index (χ2n) is 5.14. The van der Waals surface area contributed by atoms with Gasteiger partial charge in [0.2, 0.25) is 0 Å². The third-order valence-electron chi connectivity index (χ3n) is 3.17. The predicted molar refractivity (Wildman–Crippen MR) is 76.3 cm³/mol. The lowest BCUT2D eigenvalue weighted by Gasteiger charge is -2.21. The zero-order chi connectivity index (χ0) is 14.7. The van der Waals surface area contributed by atoms with Crippen LogP contribution in [0.1, 0.15) is 37.5 Å². The highest BCUT2D eigenvalue weighted by molar-refractivity contribution is 9.08. The van der Waals surface area contributed by atoms with Crippen molar-refractivity contribution in [2.75, 3.05) is 0 Å². The predicted octanol–water partition coefficient (Wildman–Crippen LogP) is 3.69. The van der Waals surface area contributed by atoms with E-state index in [-0.39, 0.29) is 0 Å². The molecule has 19 heavy (non-hydrogen) atoms. The first kappa shape index (κ1) is 15.2. The van der Waals surface area contributed by atoms with Crippen LogP contribution >= 0.6 is 15.9 Å². The Morgan fingerprint density at radius 3 is 1.89 bits per heavy atom. The van der Waals surface area contributed by atoms with Crippen molar-refractivity contribution >= 4 is 15.9 Å². The number of halogens is 1. The molecule has 96 valence electrons. The van der Waals surface area contributed by atoms with E-state index < -0.39 is 10.8 Å². The Bertz CT molecular complexity index is 598. The molecule has 0 amide bonds. The molecular formula is C15H14BrN3.